The fourth-order valence-electron chi connectivity index (χ4n) is 1.44. The minimum atomic E-state index is -0.704. The highest BCUT2D eigenvalue weighted by Crippen LogP contribution is 2.26. The van der Waals surface area contributed by atoms with Crippen molar-refractivity contribution in [3.8, 4) is 0 Å². The molecule has 0 heterocycles. The second-order valence-electron chi connectivity index (χ2n) is 5.28. The maximum atomic E-state index is 13.0. The van der Waals surface area contributed by atoms with Gasteiger partial charge >= 0.3 is 0 Å². The highest BCUT2D eigenvalue weighted by molar-refractivity contribution is 5.85. The predicted octanol–water partition coefficient (Wildman–Crippen LogP) is 3.04. The first-order valence-electron chi connectivity index (χ1n) is 5.50. The van der Waals surface area contributed by atoms with E-state index in [-0.39, 0.29) is 29.7 Å². The van der Waals surface area contributed by atoms with E-state index in [0.717, 1.165) is 0 Å². The number of rotatable bonds is 3. The average molecular weight is 262 g/mol. The van der Waals surface area contributed by atoms with E-state index in [4.69, 9.17) is 5.73 Å². The Morgan fingerprint density at radius 1 is 1.35 bits per heavy atom. The molecule has 0 aliphatic carbocycles. The lowest BCUT2D eigenvalue weighted by atomic mass is 9.83. The number of halogens is 2. The van der Waals surface area contributed by atoms with E-state index in [0.29, 0.717) is 12.0 Å². The summed E-state index contributed by atoms with van der Waals surface area (Å²) in [5.41, 5.74) is 6.50. The van der Waals surface area contributed by atoms with Crippen LogP contribution in [0.3, 0.4) is 0 Å². The lowest BCUT2D eigenvalue weighted by Crippen LogP contribution is -2.36. The molecule has 17 heavy (non-hydrogen) atoms. The number of benzene rings is 1. The molecule has 0 saturated carbocycles. The van der Waals surface area contributed by atoms with Crippen molar-refractivity contribution in [1.29, 1.82) is 0 Å². The lowest BCUT2D eigenvalue weighted by molar-refractivity contribution is 0.133. The molecule has 0 aliphatic rings. The molecular formula is C13H21ClFNO. The zero-order valence-corrected chi connectivity index (χ0v) is 11.3. The second kappa shape index (κ2) is 6.34. The van der Waals surface area contributed by atoms with Crippen molar-refractivity contribution in [2.24, 2.45) is 11.1 Å². The first-order chi connectivity index (χ1) is 7.30. The Hall–Kier alpha value is -0.640. The summed E-state index contributed by atoms with van der Waals surface area (Å²) in [5, 5.41) is 9.93. The lowest BCUT2D eigenvalue weighted by Gasteiger charge is -2.29. The van der Waals surface area contributed by atoms with Crippen molar-refractivity contribution >= 4 is 12.4 Å². The minimum Gasteiger partial charge on any atom is -0.388 e. The van der Waals surface area contributed by atoms with Gasteiger partial charge in [0.1, 0.15) is 5.82 Å². The third kappa shape index (κ3) is 5.02. The third-order valence-corrected chi connectivity index (χ3v) is 2.82. The van der Waals surface area contributed by atoms with Crippen molar-refractivity contribution in [2.75, 3.05) is 0 Å². The van der Waals surface area contributed by atoms with E-state index >= 15 is 0 Å². The minimum absolute atomic E-state index is 0. The van der Waals surface area contributed by atoms with Gasteiger partial charge in [-0.15, -0.1) is 12.4 Å². The summed E-state index contributed by atoms with van der Waals surface area (Å²) in [5.74, 6) is -0.333. The van der Waals surface area contributed by atoms with Crippen molar-refractivity contribution < 1.29 is 9.50 Å². The SMILES string of the molecule is CC(C)(C)[C@@H](N)C[C@@H](O)c1cccc(F)c1.Cl. The molecule has 0 amide bonds. The Morgan fingerprint density at radius 2 is 1.94 bits per heavy atom. The quantitative estimate of drug-likeness (QED) is 0.879. The summed E-state index contributed by atoms with van der Waals surface area (Å²) in [6, 6.07) is 5.89. The number of nitrogens with two attached hydrogens (primary N) is 1. The smallest absolute Gasteiger partial charge is 0.123 e. The number of aliphatic hydroxyl groups is 1. The molecule has 0 spiro atoms. The molecule has 2 nitrogen and oxygen atoms in total. The Labute approximate surface area is 108 Å². The zero-order valence-electron chi connectivity index (χ0n) is 10.5. The van der Waals surface area contributed by atoms with Crippen molar-refractivity contribution in [1.82, 2.24) is 0 Å². The van der Waals surface area contributed by atoms with Crippen LogP contribution >= 0.6 is 12.4 Å². The molecule has 3 N–H and O–H groups in total. The maximum absolute atomic E-state index is 13.0. The van der Waals surface area contributed by atoms with Gasteiger partial charge in [-0.05, 0) is 29.5 Å². The van der Waals surface area contributed by atoms with Gasteiger partial charge in [0.15, 0.2) is 0 Å². The topological polar surface area (TPSA) is 46.2 Å². The van der Waals surface area contributed by atoms with Crippen LogP contribution in [0.4, 0.5) is 4.39 Å². The van der Waals surface area contributed by atoms with Crippen LogP contribution in [0.15, 0.2) is 24.3 Å². The van der Waals surface area contributed by atoms with E-state index in [1.807, 2.05) is 20.8 Å². The van der Waals surface area contributed by atoms with Gasteiger partial charge in [-0.2, -0.15) is 0 Å². The molecule has 0 saturated heterocycles. The van der Waals surface area contributed by atoms with E-state index in [1.54, 1.807) is 12.1 Å². The Bertz CT molecular complexity index is 352. The first kappa shape index (κ1) is 16.4. The van der Waals surface area contributed by atoms with Gasteiger partial charge in [-0.1, -0.05) is 32.9 Å². The van der Waals surface area contributed by atoms with Crippen LogP contribution in [0, 0.1) is 11.2 Å². The van der Waals surface area contributed by atoms with E-state index in [9.17, 15) is 9.50 Å². The molecule has 0 aromatic heterocycles. The highest BCUT2D eigenvalue weighted by atomic mass is 35.5. The Balaban J connectivity index is 0.00000256. The summed E-state index contributed by atoms with van der Waals surface area (Å²) < 4.78 is 13.0. The van der Waals surface area contributed by atoms with Crippen LogP contribution in [0.2, 0.25) is 0 Å². The standard InChI is InChI=1S/C13H20FNO.ClH/c1-13(2,3)12(15)8-11(16)9-5-4-6-10(14)7-9;/h4-7,11-12,16H,8,15H2,1-3H3;1H/t11-,12+;/m1./s1. The van der Waals surface area contributed by atoms with Crippen LogP contribution in [0.5, 0.6) is 0 Å². The molecular weight excluding hydrogens is 241 g/mol. The summed E-state index contributed by atoms with van der Waals surface area (Å²) in [6.45, 7) is 6.07. The van der Waals surface area contributed by atoms with Crippen LogP contribution < -0.4 is 5.73 Å². The van der Waals surface area contributed by atoms with Crippen LogP contribution in [-0.2, 0) is 0 Å². The van der Waals surface area contributed by atoms with E-state index in [2.05, 4.69) is 0 Å². The fraction of sp³-hybridized carbons (Fsp3) is 0.538. The van der Waals surface area contributed by atoms with Crippen molar-refractivity contribution in [2.45, 2.75) is 39.3 Å². The average Bonchev–Trinajstić information content (AvgIpc) is 2.16. The zero-order chi connectivity index (χ0) is 12.3. The molecule has 0 bridgehead atoms. The largest absolute Gasteiger partial charge is 0.388 e. The number of hydrogen-bond acceptors (Lipinski definition) is 2. The summed E-state index contributed by atoms with van der Waals surface area (Å²) in [6.07, 6.45) is -0.266. The van der Waals surface area contributed by atoms with Gasteiger partial charge in [-0.25, -0.2) is 4.39 Å². The normalized spacial score (nSPS) is 14.9. The number of hydrogen-bond donors (Lipinski definition) is 2. The molecule has 0 fully saturated rings. The van der Waals surface area contributed by atoms with Crippen molar-refractivity contribution in [3.05, 3.63) is 35.6 Å². The second-order valence-corrected chi connectivity index (χ2v) is 5.28. The molecule has 4 heteroatoms. The van der Waals surface area contributed by atoms with Crippen LogP contribution in [0.25, 0.3) is 0 Å². The van der Waals surface area contributed by atoms with Crippen LogP contribution in [-0.4, -0.2) is 11.1 Å². The predicted molar refractivity (Wildman–Crippen MR) is 70.7 cm³/mol. The molecule has 1 rings (SSSR count). The molecule has 2 atom stereocenters. The monoisotopic (exact) mass is 261 g/mol. The van der Waals surface area contributed by atoms with Gasteiger partial charge < -0.3 is 10.8 Å². The molecule has 0 unspecified atom stereocenters. The fourth-order valence-corrected chi connectivity index (χ4v) is 1.44. The van der Waals surface area contributed by atoms with Gasteiger partial charge in [0.2, 0.25) is 0 Å². The van der Waals surface area contributed by atoms with Gasteiger partial charge in [0.25, 0.3) is 0 Å². The van der Waals surface area contributed by atoms with Gasteiger partial charge in [-0.3, -0.25) is 0 Å². The third-order valence-electron chi connectivity index (χ3n) is 2.82. The Kier molecular flexibility index (Phi) is 6.10. The molecule has 1 aromatic rings. The summed E-state index contributed by atoms with van der Waals surface area (Å²) in [4.78, 5) is 0. The number of aliphatic hydroxyl groups excluding tert-OH is 1. The Morgan fingerprint density at radius 3 is 2.41 bits per heavy atom. The van der Waals surface area contributed by atoms with Gasteiger partial charge in [0, 0.05) is 6.04 Å². The van der Waals surface area contributed by atoms with Gasteiger partial charge in [0.05, 0.1) is 6.10 Å². The van der Waals surface area contributed by atoms with E-state index < -0.39 is 6.10 Å². The molecule has 1 aromatic carbocycles. The summed E-state index contributed by atoms with van der Waals surface area (Å²) in [7, 11) is 0. The van der Waals surface area contributed by atoms with Crippen LogP contribution in [0.1, 0.15) is 38.9 Å². The highest BCUT2D eigenvalue weighted by Gasteiger charge is 2.23. The summed E-state index contributed by atoms with van der Waals surface area (Å²) >= 11 is 0. The molecule has 0 aliphatic heterocycles. The maximum Gasteiger partial charge on any atom is 0.123 e. The van der Waals surface area contributed by atoms with E-state index in [1.165, 1.54) is 12.1 Å². The van der Waals surface area contributed by atoms with Crippen molar-refractivity contribution in [3.63, 3.8) is 0 Å². The molecule has 0 radical (unpaired) electrons. The molecule has 98 valence electrons. The first-order valence-corrected chi connectivity index (χ1v) is 5.50.